The van der Waals surface area contributed by atoms with Gasteiger partial charge in [0.25, 0.3) is 0 Å². The normalized spacial score (nSPS) is 19.3. The molecule has 0 amide bonds. The van der Waals surface area contributed by atoms with Crippen LogP contribution >= 0.6 is 0 Å². The lowest BCUT2D eigenvalue weighted by molar-refractivity contribution is -0.153. The summed E-state index contributed by atoms with van der Waals surface area (Å²) in [7, 11) is 1.66. The maximum atomic E-state index is 11.2. The molecule has 0 aromatic carbocycles. The molecule has 0 fully saturated rings. The zero-order valence-corrected chi connectivity index (χ0v) is 10.6. The highest BCUT2D eigenvalue weighted by molar-refractivity contribution is 5.74. The van der Waals surface area contributed by atoms with Gasteiger partial charge < -0.3 is 9.84 Å². The molecule has 0 heterocycles. The predicted octanol–water partition coefficient (Wildman–Crippen LogP) is 3.08. The second kappa shape index (κ2) is 5.50. The highest BCUT2D eigenvalue weighted by Crippen LogP contribution is 2.36. The van der Waals surface area contributed by atoms with E-state index in [2.05, 4.69) is 6.92 Å². The Hall–Kier alpha value is -0.570. The van der Waals surface area contributed by atoms with Crippen LogP contribution in [0.1, 0.15) is 53.4 Å². The van der Waals surface area contributed by atoms with Crippen LogP contribution in [0.2, 0.25) is 0 Å². The van der Waals surface area contributed by atoms with E-state index in [0.717, 1.165) is 12.8 Å². The fraction of sp³-hybridized carbons (Fsp3) is 0.917. The Labute approximate surface area is 92.8 Å². The summed E-state index contributed by atoms with van der Waals surface area (Å²) in [6, 6.07) is 0. The number of carboxylic acids is 1. The number of carbonyl (C=O) groups is 1. The van der Waals surface area contributed by atoms with E-state index in [1.54, 1.807) is 14.0 Å². The summed E-state index contributed by atoms with van der Waals surface area (Å²) in [6.45, 7) is 7.78. The first-order valence-corrected chi connectivity index (χ1v) is 5.62. The summed E-state index contributed by atoms with van der Waals surface area (Å²) >= 11 is 0. The summed E-state index contributed by atoms with van der Waals surface area (Å²) in [5.41, 5.74) is -1.00. The van der Waals surface area contributed by atoms with Gasteiger partial charge in [-0.05, 0) is 33.1 Å². The number of methoxy groups -OCH3 is 1. The van der Waals surface area contributed by atoms with Gasteiger partial charge >= 0.3 is 5.97 Å². The van der Waals surface area contributed by atoms with Crippen LogP contribution in [0, 0.1) is 5.41 Å². The number of hydrogen-bond acceptors (Lipinski definition) is 2. The minimum absolute atomic E-state index is 0.322. The minimum Gasteiger partial charge on any atom is -0.481 e. The molecule has 1 N–H and O–H groups in total. The van der Waals surface area contributed by atoms with Crippen molar-refractivity contribution in [1.82, 2.24) is 0 Å². The number of rotatable bonds is 7. The molecule has 0 bridgehead atoms. The highest BCUT2D eigenvalue weighted by Gasteiger charge is 2.39. The Balaban J connectivity index is 4.70. The molecule has 0 spiro atoms. The first kappa shape index (κ1) is 14.4. The molecule has 3 nitrogen and oxygen atoms in total. The molecule has 0 rings (SSSR count). The van der Waals surface area contributed by atoms with Gasteiger partial charge in [-0.15, -0.1) is 0 Å². The van der Waals surface area contributed by atoms with Crippen LogP contribution in [-0.2, 0) is 9.53 Å². The van der Waals surface area contributed by atoms with Crippen molar-refractivity contribution in [2.24, 2.45) is 5.41 Å². The standard InChI is InChI=1S/C12H24O3/c1-6-8-12(4,15-5)9-11(3,7-2)10(13)14/h6-9H2,1-5H3,(H,13,14). The summed E-state index contributed by atoms with van der Waals surface area (Å²) in [4.78, 5) is 11.2. The van der Waals surface area contributed by atoms with E-state index in [1.807, 2.05) is 13.8 Å². The third-order valence-corrected chi connectivity index (χ3v) is 3.33. The Bertz CT molecular complexity index is 215. The molecule has 90 valence electrons. The van der Waals surface area contributed by atoms with Crippen LogP contribution in [0.5, 0.6) is 0 Å². The van der Waals surface area contributed by atoms with E-state index >= 15 is 0 Å². The van der Waals surface area contributed by atoms with Gasteiger partial charge in [0.05, 0.1) is 11.0 Å². The van der Waals surface area contributed by atoms with Crippen molar-refractivity contribution in [2.75, 3.05) is 7.11 Å². The quantitative estimate of drug-likeness (QED) is 0.711. The third-order valence-electron chi connectivity index (χ3n) is 3.33. The largest absolute Gasteiger partial charge is 0.481 e. The Kier molecular flexibility index (Phi) is 5.29. The average Bonchev–Trinajstić information content (AvgIpc) is 2.17. The monoisotopic (exact) mass is 216 g/mol. The molecule has 0 aliphatic rings. The van der Waals surface area contributed by atoms with E-state index in [-0.39, 0.29) is 5.60 Å². The van der Waals surface area contributed by atoms with Gasteiger partial charge in [0, 0.05) is 7.11 Å². The van der Waals surface area contributed by atoms with Crippen molar-refractivity contribution in [3.63, 3.8) is 0 Å². The lowest BCUT2D eigenvalue weighted by Gasteiger charge is -2.35. The van der Waals surface area contributed by atoms with Gasteiger partial charge in [0.15, 0.2) is 0 Å². The molecule has 0 aliphatic heterocycles. The van der Waals surface area contributed by atoms with Gasteiger partial charge in [-0.2, -0.15) is 0 Å². The second-order valence-electron chi connectivity index (χ2n) is 4.80. The fourth-order valence-electron chi connectivity index (χ4n) is 1.97. The fourth-order valence-corrected chi connectivity index (χ4v) is 1.97. The van der Waals surface area contributed by atoms with Crippen LogP contribution in [-0.4, -0.2) is 23.8 Å². The zero-order chi connectivity index (χ0) is 12.1. The Morgan fingerprint density at radius 3 is 2.13 bits per heavy atom. The Morgan fingerprint density at radius 2 is 1.87 bits per heavy atom. The molecule has 3 heteroatoms. The van der Waals surface area contributed by atoms with Crippen LogP contribution in [0.25, 0.3) is 0 Å². The molecule has 0 aliphatic carbocycles. The third kappa shape index (κ3) is 3.82. The van der Waals surface area contributed by atoms with Gasteiger partial charge in [-0.3, -0.25) is 4.79 Å². The van der Waals surface area contributed by atoms with Crippen LogP contribution in [0.15, 0.2) is 0 Å². The lowest BCUT2D eigenvalue weighted by Crippen LogP contribution is -2.39. The van der Waals surface area contributed by atoms with Gasteiger partial charge in [0.2, 0.25) is 0 Å². The summed E-state index contributed by atoms with van der Waals surface area (Å²) in [5, 5.41) is 9.20. The SMILES string of the molecule is CCCC(C)(CC(C)(CC)C(=O)O)OC. The van der Waals surface area contributed by atoms with Gasteiger partial charge in [0.1, 0.15) is 0 Å². The molecule has 0 aromatic rings. The van der Waals surface area contributed by atoms with Crippen LogP contribution in [0.4, 0.5) is 0 Å². The predicted molar refractivity (Wildman–Crippen MR) is 61.0 cm³/mol. The maximum absolute atomic E-state index is 11.2. The van der Waals surface area contributed by atoms with Crippen molar-refractivity contribution >= 4 is 5.97 Å². The minimum atomic E-state index is -0.732. The van der Waals surface area contributed by atoms with Crippen molar-refractivity contribution in [3.8, 4) is 0 Å². The number of hydrogen-bond donors (Lipinski definition) is 1. The second-order valence-corrected chi connectivity index (χ2v) is 4.80. The summed E-state index contributed by atoms with van der Waals surface area (Å²) in [5.74, 6) is -0.732. The van der Waals surface area contributed by atoms with E-state index in [4.69, 9.17) is 4.74 Å². The Morgan fingerprint density at radius 1 is 1.33 bits per heavy atom. The molecule has 0 aromatic heterocycles. The van der Waals surface area contributed by atoms with Crippen LogP contribution in [0.3, 0.4) is 0 Å². The first-order valence-electron chi connectivity index (χ1n) is 5.62. The average molecular weight is 216 g/mol. The molecule has 0 saturated heterocycles. The molecule has 2 atom stereocenters. The van der Waals surface area contributed by atoms with Gasteiger partial charge in [-0.1, -0.05) is 20.3 Å². The van der Waals surface area contributed by atoms with Crippen molar-refractivity contribution in [1.29, 1.82) is 0 Å². The highest BCUT2D eigenvalue weighted by atomic mass is 16.5. The molecular weight excluding hydrogens is 192 g/mol. The molecule has 0 saturated carbocycles. The molecule has 0 radical (unpaired) electrons. The number of carboxylic acid groups (broad SMARTS) is 1. The molecular formula is C12H24O3. The maximum Gasteiger partial charge on any atom is 0.309 e. The molecule has 2 unspecified atom stereocenters. The van der Waals surface area contributed by atoms with Crippen molar-refractivity contribution in [3.05, 3.63) is 0 Å². The summed E-state index contributed by atoms with van der Waals surface area (Å²) < 4.78 is 5.46. The molecule has 15 heavy (non-hydrogen) atoms. The van der Waals surface area contributed by atoms with Crippen molar-refractivity contribution < 1.29 is 14.6 Å². The van der Waals surface area contributed by atoms with E-state index in [1.165, 1.54) is 0 Å². The van der Waals surface area contributed by atoms with E-state index in [0.29, 0.717) is 12.8 Å². The number of ether oxygens (including phenoxy) is 1. The van der Waals surface area contributed by atoms with Gasteiger partial charge in [-0.25, -0.2) is 0 Å². The van der Waals surface area contributed by atoms with E-state index in [9.17, 15) is 9.90 Å². The van der Waals surface area contributed by atoms with Crippen LogP contribution < -0.4 is 0 Å². The lowest BCUT2D eigenvalue weighted by atomic mass is 9.76. The summed E-state index contributed by atoms with van der Waals surface area (Å²) in [6.07, 6.45) is 3.09. The van der Waals surface area contributed by atoms with Crippen molar-refractivity contribution in [2.45, 2.75) is 59.0 Å². The first-order chi connectivity index (χ1) is 6.83. The zero-order valence-electron chi connectivity index (χ0n) is 10.6. The van der Waals surface area contributed by atoms with E-state index < -0.39 is 11.4 Å². The topological polar surface area (TPSA) is 46.5 Å². The number of aliphatic carboxylic acids is 1. The smallest absolute Gasteiger partial charge is 0.309 e.